The molecule has 1 amide bonds. The maximum atomic E-state index is 12.9. The van der Waals surface area contributed by atoms with Gasteiger partial charge in [-0.1, -0.05) is 57.2 Å². The highest BCUT2D eigenvalue weighted by atomic mass is 35.5. The van der Waals surface area contributed by atoms with Crippen molar-refractivity contribution in [2.45, 2.75) is 26.2 Å². The number of hydrogen-bond donors (Lipinski definition) is 4. The Morgan fingerprint density at radius 2 is 1.76 bits per heavy atom. The summed E-state index contributed by atoms with van der Waals surface area (Å²) in [6.07, 6.45) is 3.10. The molecule has 0 radical (unpaired) electrons. The number of phenols is 1. The first-order valence-corrected chi connectivity index (χ1v) is 10.2. The van der Waals surface area contributed by atoms with Gasteiger partial charge in [-0.05, 0) is 34.6 Å². The number of nitrogens with two attached hydrogens (primary N) is 2. The summed E-state index contributed by atoms with van der Waals surface area (Å²) in [7, 11) is 0. The van der Waals surface area contributed by atoms with Crippen molar-refractivity contribution in [1.29, 1.82) is 0 Å². The van der Waals surface area contributed by atoms with E-state index in [1.165, 1.54) is 6.21 Å². The first-order valence-electron chi connectivity index (χ1n) is 10.2. The van der Waals surface area contributed by atoms with Gasteiger partial charge in [-0.15, -0.1) is 17.5 Å². The number of fused-ring (bicyclic) bond motifs is 3. The lowest BCUT2D eigenvalue weighted by Gasteiger charge is -2.21. The normalized spacial score (nSPS) is 14.3. The van der Waals surface area contributed by atoms with E-state index in [1.54, 1.807) is 6.08 Å². The summed E-state index contributed by atoms with van der Waals surface area (Å²) in [6.45, 7) is 6.20. The largest absolute Gasteiger partial charge is 0.507 e. The zero-order valence-electron chi connectivity index (χ0n) is 18.6. The predicted octanol–water partition coefficient (Wildman–Crippen LogP) is 4.36. The fourth-order valence-electron chi connectivity index (χ4n) is 3.71. The van der Waals surface area contributed by atoms with E-state index in [4.69, 9.17) is 11.5 Å². The van der Waals surface area contributed by atoms with Crippen LogP contribution in [0.4, 0.5) is 5.69 Å². The van der Waals surface area contributed by atoms with E-state index in [1.807, 2.05) is 48.5 Å². The molecule has 0 saturated carbocycles. The quantitative estimate of drug-likeness (QED) is 0.199. The number of carbonyl (C=O) groups is 1. The number of carbonyl (C=O) groups excluding carboxylic acids is 1. The molecule has 0 atom stereocenters. The molecule has 1 heterocycles. The molecule has 3 aromatic rings. The zero-order valence-corrected chi connectivity index (χ0v) is 19.4. The molecule has 0 saturated heterocycles. The Morgan fingerprint density at radius 1 is 1.06 bits per heavy atom. The van der Waals surface area contributed by atoms with Crippen LogP contribution < -0.4 is 16.8 Å². The van der Waals surface area contributed by atoms with Crippen LogP contribution in [0, 0.1) is 0 Å². The number of aromatic hydroxyl groups is 1. The second kappa shape index (κ2) is 8.96. The lowest BCUT2D eigenvalue weighted by atomic mass is 9.84. The van der Waals surface area contributed by atoms with Gasteiger partial charge in [0, 0.05) is 27.6 Å². The van der Waals surface area contributed by atoms with Gasteiger partial charge in [0.2, 0.25) is 5.96 Å². The number of halogens is 1. The molecule has 1 aliphatic heterocycles. The summed E-state index contributed by atoms with van der Waals surface area (Å²) in [5.74, 6) is -0.406. The SMILES string of the molecule is CC(C)(C)c1cc(/C=N/N=C(N)N)c(O)c(/C=C2/C(=O)Nc3c2ccc2ccccc32)c1.Cl. The van der Waals surface area contributed by atoms with E-state index in [2.05, 4.69) is 36.3 Å². The van der Waals surface area contributed by atoms with E-state index in [-0.39, 0.29) is 35.4 Å². The van der Waals surface area contributed by atoms with E-state index < -0.39 is 0 Å². The zero-order chi connectivity index (χ0) is 23.0. The Labute approximate surface area is 198 Å². The Bertz CT molecular complexity index is 1330. The number of anilines is 1. The molecule has 0 spiro atoms. The number of nitrogens with one attached hydrogen (secondary N) is 1. The van der Waals surface area contributed by atoms with Gasteiger partial charge in [0.05, 0.1) is 11.9 Å². The molecule has 0 bridgehead atoms. The van der Waals surface area contributed by atoms with Gasteiger partial charge in [-0.25, -0.2) is 0 Å². The third-order valence-electron chi connectivity index (χ3n) is 5.41. The van der Waals surface area contributed by atoms with E-state index in [0.717, 1.165) is 27.6 Å². The van der Waals surface area contributed by atoms with Gasteiger partial charge in [0.1, 0.15) is 5.75 Å². The van der Waals surface area contributed by atoms with E-state index >= 15 is 0 Å². The Hall–Kier alpha value is -3.84. The molecule has 4 rings (SSSR count). The minimum Gasteiger partial charge on any atom is -0.507 e. The van der Waals surface area contributed by atoms with Crippen molar-refractivity contribution in [2.24, 2.45) is 21.7 Å². The summed E-state index contributed by atoms with van der Waals surface area (Å²) in [4.78, 5) is 12.9. The van der Waals surface area contributed by atoms with E-state index in [0.29, 0.717) is 16.7 Å². The maximum Gasteiger partial charge on any atom is 0.256 e. The molecule has 0 aromatic heterocycles. The van der Waals surface area contributed by atoms with Gasteiger partial charge >= 0.3 is 0 Å². The van der Waals surface area contributed by atoms with Crippen LogP contribution in [0.1, 0.15) is 43.0 Å². The van der Waals surface area contributed by atoms with Crippen LogP contribution in [-0.4, -0.2) is 23.2 Å². The highest BCUT2D eigenvalue weighted by molar-refractivity contribution is 6.37. The third kappa shape index (κ3) is 4.68. The summed E-state index contributed by atoms with van der Waals surface area (Å²) < 4.78 is 0. The number of guanidine groups is 1. The van der Waals surface area contributed by atoms with Crippen LogP contribution in [0.25, 0.3) is 22.4 Å². The number of nitrogens with zero attached hydrogens (tertiary/aromatic N) is 2. The van der Waals surface area contributed by atoms with Crippen LogP contribution in [0.3, 0.4) is 0 Å². The number of rotatable bonds is 3. The second-order valence-electron chi connectivity index (χ2n) is 8.74. The van der Waals surface area contributed by atoms with Crippen molar-refractivity contribution in [3.8, 4) is 5.75 Å². The molecule has 8 heteroatoms. The number of phenolic OH excluding ortho intramolecular Hbond substituents is 1. The van der Waals surface area contributed by atoms with Gasteiger partial charge < -0.3 is 21.9 Å². The molecule has 170 valence electrons. The van der Waals surface area contributed by atoms with Crippen molar-refractivity contribution >= 4 is 58.6 Å². The van der Waals surface area contributed by atoms with Gasteiger partial charge in [-0.3, -0.25) is 4.79 Å². The van der Waals surface area contributed by atoms with Crippen molar-refractivity contribution in [2.75, 3.05) is 5.32 Å². The Morgan fingerprint density at radius 3 is 2.45 bits per heavy atom. The van der Waals surface area contributed by atoms with Crippen molar-refractivity contribution in [1.82, 2.24) is 0 Å². The van der Waals surface area contributed by atoms with Gasteiger partial charge in [-0.2, -0.15) is 5.10 Å². The summed E-state index contributed by atoms with van der Waals surface area (Å²) in [5, 5.41) is 23.4. The standard InChI is InChI=1S/C25H25N5O2.ClH/c1-25(2,3)17-10-15(22(31)16(11-17)13-28-30-24(26)27)12-20-19-9-8-14-6-4-5-7-18(14)21(19)29-23(20)32;/h4-13,31H,1-3H3,(H,29,32)(H4,26,27,30);1H/b20-12+,28-13+;. The summed E-state index contributed by atoms with van der Waals surface area (Å²) in [6, 6.07) is 15.5. The molecular formula is C25H26ClN5O2. The molecule has 6 N–H and O–H groups in total. The monoisotopic (exact) mass is 463 g/mol. The molecular weight excluding hydrogens is 438 g/mol. The third-order valence-corrected chi connectivity index (χ3v) is 5.41. The molecule has 0 unspecified atom stereocenters. The minimum absolute atomic E-state index is 0. The van der Waals surface area contributed by atoms with Crippen molar-refractivity contribution in [3.63, 3.8) is 0 Å². The summed E-state index contributed by atoms with van der Waals surface area (Å²) in [5.41, 5.74) is 14.4. The fourth-order valence-corrected chi connectivity index (χ4v) is 3.71. The molecule has 3 aromatic carbocycles. The van der Waals surface area contributed by atoms with Crippen LogP contribution in [0.2, 0.25) is 0 Å². The second-order valence-corrected chi connectivity index (χ2v) is 8.74. The Balaban J connectivity index is 0.00000306. The molecule has 0 aliphatic carbocycles. The van der Waals surface area contributed by atoms with Crippen LogP contribution in [0.5, 0.6) is 5.75 Å². The predicted molar refractivity (Wildman–Crippen MR) is 138 cm³/mol. The topological polar surface area (TPSA) is 126 Å². The number of amides is 1. The molecule has 0 fully saturated rings. The van der Waals surface area contributed by atoms with Crippen LogP contribution >= 0.6 is 12.4 Å². The lowest BCUT2D eigenvalue weighted by Crippen LogP contribution is -2.21. The minimum atomic E-state index is -0.215. The summed E-state index contributed by atoms with van der Waals surface area (Å²) >= 11 is 0. The smallest absolute Gasteiger partial charge is 0.256 e. The molecule has 1 aliphatic rings. The number of benzene rings is 3. The molecule has 33 heavy (non-hydrogen) atoms. The van der Waals surface area contributed by atoms with Crippen molar-refractivity contribution in [3.05, 3.63) is 70.8 Å². The van der Waals surface area contributed by atoms with Gasteiger partial charge in [0.15, 0.2) is 0 Å². The lowest BCUT2D eigenvalue weighted by molar-refractivity contribution is -0.110. The first kappa shape index (κ1) is 23.8. The first-order chi connectivity index (χ1) is 15.1. The highest BCUT2D eigenvalue weighted by Crippen LogP contribution is 2.40. The van der Waals surface area contributed by atoms with Gasteiger partial charge in [0.25, 0.3) is 5.91 Å². The highest BCUT2D eigenvalue weighted by Gasteiger charge is 2.27. The Kier molecular flexibility index (Phi) is 6.46. The fraction of sp³-hybridized carbons (Fsp3) is 0.160. The van der Waals surface area contributed by atoms with Crippen molar-refractivity contribution < 1.29 is 9.90 Å². The van der Waals surface area contributed by atoms with E-state index in [9.17, 15) is 9.90 Å². The van der Waals surface area contributed by atoms with Crippen LogP contribution in [0.15, 0.2) is 58.7 Å². The average Bonchev–Trinajstić information content (AvgIpc) is 3.05. The molecule has 7 nitrogen and oxygen atoms in total. The average molecular weight is 464 g/mol. The maximum absolute atomic E-state index is 12.9. The van der Waals surface area contributed by atoms with Crippen LogP contribution in [-0.2, 0) is 10.2 Å². The number of hydrogen-bond acceptors (Lipinski definition) is 4.